The van der Waals surface area contributed by atoms with E-state index in [0.29, 0.717) is 0 Å². The number of nitrogens with zero attached hydrogens (tertiary/aromatic N) is 2. The maximum absolute atomic E-state index is 13.5. The van der Waals surface area contributed by atoms with Gasteiger partial charge in [0.15, 0.2) is 0 Å². The lowest BCUT2D eigenvalue weighted by Gasteiger charge is -2.32. The Hall–Kier alpha value is -1.52. The Labute approximate surface area is 223 Å². The van der Waals surface area contributed by atoms with Gasteiger partial charge in [-0.05, 0) is 50.6 Å². The van der Waals surface area contributed by atoms with Crippen molar-refractivity contribution in [1.82, 2.24) is 10.2 Å². The van der Waals surface area contributed by atoms with Crippen LogP contribution in [-0.4, -0.2) is 50.0 Å². The van der Waals surface area contributed by atoms with Crippen LogP contribution in [0.1, 0.15) is 26.3 Å². The molecule has 0 bridgehead atoms. The third-order valence-corrected chi connectivity index (χ3v) is 7.42. The Morgan fingerprint density at radius 1 is 1.03 bits per heavy atom. The highest BCUT2D eigenvalue weighted by molar-refractivity contribution is 9.10. The third-order valence-electron chi connectivity index (χ3n) is 4.78. The molecule has 7 nitrogen and oxygen atoms in total. The smallest absolute Gasteiger partial charge is 0.244 e. The van der Waals surface area contributed by atoms with Crippen molar-refractivity contribution in [1.29, 1.82) is 0 Å². The standard InChI is InChI=1S/C22H25BrCl3N3O4S/c1-13(2)27-22(31)14(3)28(11-15-6-5-7-16(23)8-15)21(30)12-29(34(4,32)33)20-10-18(25)17(24)9-19(20)26/h5-10,13-14H,11-12H2,1-4H3,(H,27,31). The number of amides is 2. The molecule has 0 fully saturated rings. The molecule has 0 heterocycles. The predicted octanol–water partition coefficient (Wildman–Crippen LogP) is 5.12. The first-order chi connectivity index (χ1) is 15.7. The van der Waals surface area contributed by atoms with Crippen LogP contribution < -0.4 is 9.62 Å². The van der Waals surface area contributed by atoms with E-state index in [1.807, 2.05) is 32.0 Å². The Morgan fingerprint density at radius 3 is 2.21 bits per heavy atom. The van der Waals surface area contributed by atoms with Gasteiger partial charge in [-0.1, -0.05) is 62.9 Å². The highest BCUT2D eigenvalue weighted by atomic mass is 79.9. The second kappa shape index (κ2) is 11.9. The first-order valence-corrected chi connectivity index (χ1v) is 13.9. The Morgan fingerprint density at radius 2 is 1.65 bits per heavy atom. The second-order valence-corrected chi connectivity index (χ2v) is 12.0. The van der Waals surface area contributed by atoms with Crippen molar-refractivity contribution >= 4 is 78.3 Å². The van der Waals surface area contributed by atoms with Crippen molar-refractivity contribution in [2.45, 2.75) is 39.4 Å². The summed E-state index contributed by atoms with van der Waals surface area (Å²) in [5.41, 5.74) is 0.763. The van der Waals surface area contributed by atoms with Gasteiger partial charge in [-0.2, -0.15) is 0 Å². The van der Waals surface area contributed by atoms with E-state index >= 15 is 0 Å². The summed E-state index contributed by atoms with van der Waals surface area (Å²) in [7, 11) is -3.95. The van der Waals surface area contributed by atoms with Crippen LogP contribution in [0, 0.1) is 0 Å². The van der Waals surface area contributed by atoms with Crippen molar-refractivity contribution in [2.75, 3.05) is 17.1 Å². The summed E-state index contributed by atoms with van der Waals surface area (Å²) < 4.78 is 26.9. The highest BCUT2D eigenvalue weighted by Gasteiger charge is 2.31. The number of hydrogen-bond acceptors (Lipinski definition) is 4. The molecule has 0 saturated heterocycles. The summed E-state index contributed by atoms with van der Waals surface area (Å²) in [6.07, 6.45) is 0.951. The molecule has 2 aromatic rings. The molecule has 0 radical (unpaired) electrons. The molecule has 1 atom stereocenters. The minimum absolute atomic E-state index is 0.00797. The fourth-order valence-corrected chi connectivity index (χ4v) is 5.11. The fourth-order valence-electron chi connectivity index (χ4n) is 3.12. The van der Waals surface area contributed by atoms with Gasteiger partial charge >= 0.3 is 0 Å². The average Bonchev–Trinajstić information content (AvgIpc) is 2.71. The van der Waals surface area contributed by atoms with E-state index in [1.54, 1.807) is 13.0 Å². The Kier molecular flexibility index (Phi) is 10.1. The number of nitrogens with one attached hydrogen (secondary N) is 1. The van der Waals surface area contributed by atoms with E-state index in [4.69, 9.17) is 34.8 Å². The van der Waals surface area contributed by atoms with Crippen molar-refractivity contribution in [2.24, 2.45) is 0 Å². The summed E-state index contributed by atoms with van der Waals surface area (Å²) in [5.74, 6) is -0.962. The monoisotopic (exact) mass is 611 g/mol. The molecule has 0 saturated carbocycles. The normalized spacial score (nSPS) is 12.4. The number of benzene rings is 2. The molecular formula is C22H25BrCl3N3O4S. The zero-order chi connectivity index (χ0) is 25.8. The van der Waals surface area contributed by atoms with E-state index in [1.165, 1.54) is 17.0 Å². The van der Waals surface area contributed by atoms with E-state index in [2.05, 4.69) is 21.2 Å². The SMILES string of the molecule is CC(C)NC(=O)C(C)N(Cc1cccc(Br)c1)C(=O)CN(c1cc(Cl)c(Cl)cc1Cl)S(C)(=O)=O. The Balaban J connectivity index is 2.46. The van der Waals surface area contributed by atoms with Crippen LogP contribution in [0.3, 0.4) is 0 Å². The number of carbonyl (C=O) groups excluding carboxylic acids is 2. The van der Waals surface area contributed by atoms with Crippen molar-refractivity contribution in [3.8, 4) is 0 Å². The molecular weight excluding hydrogens is 589 g/mol. The molecule has 1 unspecified atom stereocenters. The lowest BCUT2D eigenvalue weighted by molar-refractivity contribution is -0.139. The van der Waals surface area contributed by atoms with Crippen LogP contribution >= 0.6 is 50.7 Å². The molecule has 12 heteroatoms. The molecule has 2 rings (SSSR count). The number of carbonyl (C=O) groups is 2. The summed E-state index contributed by atoms with van der Waals surface area (Å²) in [5, 5.41) is 3.02. The average molecular weight is 614 g/mol. The van der Waals surface area contributed by atoms with Crippen LogP contribution in [0.4, 0.5) is 5.69 Å². The number of anilines is 1. The third kappa shape index (κ3) is 7.75. The van der Waals surface area contributed by atoms with Gasteiger partial charge in [0, 0.05) is 17.1 Å². The summed E-state index contributed by atoms with van der Waals surface area (Å²) in [6, 6.07) is 8.84. The van der Waals surface area contributed by atoms with Crippen LogP contribution in [0.5, 0.6) is 0 Å². The zero-order valence-corrected chi connectivity index (χ0v) is 23.7. The lowest BCUT2D eigenvalue weighted by Crippen LogP contribution is -2.52. The fraction of sp³-hybridized carbons (Fsp3) is 0.364. The van der Waals surface area contributed by atoms with Gasteiger partial charge in [0.05, 0.1) is 27.0 Å². The molecule has 0 aromatic heterocycles. The topological polar surface area (TPSA) is 86.8 Å². The molecule has 0 aliphatic rings. The molecule has 0 aliphatic heterocycles. The maximum Gasteiger partial charge on any atom is 0.244 e. The van der Waals surface area contributed by atoms with Crippen molar-refractivity contribution in [3.63, 3.8) is 0 Å². The number of hydrogen-bond donors (Lipinski definition) is 1. The predicted molar refractivity (Wildman–Crippen MR) is 141 cm³/mol. The number of halogens is 4. The van der Waals surface area contributed by atoms with Crippen LogP contribution in [0.25, 0.3) is 0 Å². The largest absolute Gasteiger partial charge is 0.352 e. The molecule has 2 amide bonds. The van der Waals surface area contributed by atoms with E-state index in [-0.39, 0.29) is 39.2 Å². The van der Waals surface area contributed by atoms with Crippen LogP contribution in [0.2, 0.25) is 15.1 Å². The van der Waals surface area contributed by atoms with Crippen LogP contribution in [0.15, 0.2) is 40.9 Å². The molecule has 1 N–H and O–H groups in total. The minimum atomic E-state index is -3.95. The van der Waals surface area contributed by atoms with Gasteiger partial charge in [0.2, 0.25) is 21.8 Å². The molecule has 0 spiro atoms. The second-order valence-electron chi connectivity index (χ2n) is 7.98. The first kappa shape index (κ1) is 28.7. The first-order valence-electron chi connectivity index (χ1n) is 10.2. The van der Waals surface area contributed by atoms with Crippen molar-refractivity contribution < 1.29 is 18.0 Å². The summed E-state index contributed by atoms with van der Waals surface area (Å²) in [4.78, 5) is 27.6. The number of rotatable bonds is 9. The molecule has 2 aromatic carbocycles. The van der Waals surface area contributed by atoms with Gasteiger partial charge in [0.1, 0.15) is 12.6 Å². The quantitative estimate of drug-likeness (QED) is 0.398. The van der Waals surface area contributed by atoms with E-state index < -0.39 is 28.5 Å². The van der Waals surface area contributed by atoms with Gasteiger partial charge in [-0.25, -0.2) is 8.42 Å². The lowest BCUT2D eigenvalue weighted by atomic mass is 10.1. The van der Waals surface area contributed by atoms with Crippen molar-refractivity contribution in [3.05, 3.63) is 61.5 Å². The van der Waals surface area contributed by atoms with E-state index in [0.717, 1.165) is 20.6 Å². The van der Waals surface area contributed by atoms with Gasteiger partial charge < -0.3 is 10.2 Å². The van der Waals surface area contributed by atoms with Crippen LogP contribution in [-0.2, 0) is 26.2 Å². The summed E-state index contributed by atoms with van der Waals surface area (Å²) in [6.45, 7) is 4.69. The highest BCUT2D eigenvalue weighted by Crippen LogP contribution is 2.35. The molecule has 0 aliphatic carbocycles. The van der Waals surface area contributed by atoms with E-state index in [9.17, 15) is 18.0 Å². The summed E-state index contributed by atoms with van der Waals surface area (Å²) >= 11 is 21.7. The zero-order valence-electron chi connectivity index (χ0n) is 19.0. The number of sulfonamides is 1. The molecule has 34 heavy (non-hydrogen) atoms. The van der Waals surface area contributed by atoms with Gasteiger partial charge in [-0.15, -0.1) is 0 Å². The minimum Gasteiger partial charge on any atom is -0.352 e. The Bertz CT molecular complexity index is 1180. The van der Waals surface area contributed by atoms with Gasteiger partial charge in [0.25, 0.3) is 0 Å². The maximum atomic E-state index is 13.5. The van der Waals surface area contributed by atoms with Gasteiger partial charge in [-0.3, -0.25) is 13.9 Å². The molecule has 186 valence electrons.